The molecular formula is C14H20Cl2. The van der Waals surface area contributed by atoms with Crippen LogP contribution in [0.25, 0.3) is 0 Å². The molecular weight excluding hydrogens is 239 g/mol. The maximum absolute atomic E-state index is 6.03. The standard InChI is InChI=1S/C14H20Cl2/c1-11(2)5-3-7-13(10-15)12-6-4-8-14(16)9-12/h4,6,8-9,11,13H,3,5,7,10H2,1-2H3. The molecule has 0 amide bonds. The Balaban J connectivity index is 2.53. The quantitative estimate of drug-likeness (QED) is 0.592. The fraction of sp³-hybridized carbons (Fsp3) is 0.571. The summed E-state index contributed by atoms with van der Waals surface area (Å²) >= 11 is 12.0. The Bertz CT molecular complexity index is 307. The molecule has 0 saturated heterocycles. The highest BCUT2D eigenvalue weighted by molar-refractivity contribution is 6.30. The minimum atomic E-state index is 0.444. The summed E-state index contributed by atoms with van der Waals surface area (Å²) in [5.41, 5.74) is 1.27. The Morgan fingerprint density at radius 3 is 2.50 bits per heavy atom. The Labute approximate surface area is 109 Å². The van der Waals surface area contributed by atoms with E-state index in [-0.39, 0.29) is 0 Å². The first-order chi connectivity index (χ1) is 7.63. The van der Waals surface area contributed by atoms with Crippen molar-refractivity contribution < 1.29 is 0 Å². The molecule has 0 aromatic heterocycles. The van der Waals surface area contributed by atoms with Crippen LogP contribution in [0.15, 0.2) is 24.3 Å². The minimum Gasteiger partial charge on any atom is -0.126 e. The predicted molar refractivity (Wildman–Crippen MR) is 73.6 cm³/mol. The van der Waals surface area contributed by atoms with Gasteiger partial charge in [0.05, 0.1) is 0 Å². The second-order valence-electron chi connectivity index (χ2n) is 4.73. The van der Waals surface area contributed by atoms with E-state index in [1.807, 2.05) is 18.2 Å². The first kappa shape index (κ1) is 13.9. The number of rotatable bonds is 6. The van der Waals surface area contributed by atoms with Gasteiger partial charge in [-0.2, -0.15) is 0 Å². The van der Waals surface area contributed by atoms with E-state index in [2.05, 4.69) is 19.9 Å². The van der Waals surface area contributed by atoms with Crippen molar-refractivity contribution in [2.45, 2.75) is 39.0 Å². The van der Waals surface area contributed by atoms with Gasteiger partial charge in [0.25, 0.3) is 0 Å². The minimum absolute atomic E-state index is 0.444. The van der Waals surface area contributed by atoms with Crippen molar-refractivity contribution in [2.75, 3.05) is 5.88 Å². The number of hydrogen-bond donors (Lipinski definition) is 0. The molecule has 2 heteroatoms. The molecule has 0 radical (unpaired) electrons. The van der Waals surface area contributed by atoms with Crippen molar-refractivity contribution in [1.29, 1.82) is 0 Å². The van der Waals surface area contributed by atoms with Crippen LogP contribution >= 0.6 is 23.2 Å². The lowest BCUT2D eigenvalue weighted by Gasteiger charge is -2.15. The van der Waals surface area contributed by atoms with Crippen LogP contribution in [0, 0.1) is 5.92 Å². The molecule has 1 aromatic rings. The van der Waals surface area contributed by atoms with E-state index in [1.165, 1.54) is 18.4 Å². The van der Waals surface area contributed by atoms with Crippen LogP contribution in [0.5, 0.6) is 0 Å². The summed E-state index contributed by atoms with van der Waals surface area (Å²) in [5, 5.41) is 0.802. The monoisotopic (exact) mass is 258 g/mol. The van der Waals surface area contributed by atoms with Crippen LogP contribution in [0.2, 0.25) is 5.02 Å². The number of alkyl halides is 1. The molecule has 0 spiro atoms. The fourth-order valence-electron chi connectivity index (χ4n) is 1.87. The van der Waals surface area contributed by atoms with E-state index in [0.717, 1.165) is 17.4 Å². The third-order valence-corrected chi connectivity index (χ3v) is 3.45. The molecule has 0 bridgehead atoms. The van der Waals surface area contributed by atoms with Gasteiger partial charge in [-0.1, -0.05) is 50.4 Å². The molecule has 0 aliphatic heterocycles. The molecule has 0 aliphatic carbocycles. The van der Waals surface area contributed by atoms with Crippen molar-refractivity contribution in [3.05, 3.63) is 34.9 Å². The van der Waals surface area contributed by atoms with E-state index < -0.39 is 0 Å². The SMILES string of the molecule is CC(C)CCCC(CCl)c1cccc(Cl)c1. The summed E-state index contributed by atoms with van der Waals surface area (Å²) in [5.74, 6) is 1.90. The maximum Gasteiger partial charge on any atom is 0.0408 e. The van der Waals surface area contributed by atoms with Crippen molar-refractivity contribution >= 4 is 23.2 Å². The van der Waals surface area contributed by atoms with Crippen LogP contribution in [0.4, 0.5) is 0 Å². The number of halogens is 2. The summed E-state index contributed by atoms with van der Waals surface area (Å²) in [4.78, 5) is 0. The molecule has 1 rings (SSSR count). The van der Waals surface area contributed by atoms with Gasteiger partial charge in [0.2, 0.25) is 0 Å². The van der Waals surface area contributed by atoms with Gasteiger partial charge in [0.1, 0.15) is 0 Å². The third kappa shape index (κ3) is 4.76. The van der Waals surface area contributed by atoms with Crippen molar-refractivity contribution in [2.24, 2.45) is 5.92 Å². The van der Waals surface area contributed by atoms with Crippen LogP contribution in [-0.2, 0) is 0 Å². The first-order valence-corrected chi connectivity index (χ1v) is 6.86. The molecule has 90 valence electrons. The normalized spacial score (nSPS) is 13.1. The van der Waals surface area contributed by atoms with E-state index in [0.29, 0.717) is 11.8 Å². The van der Waals surface area contributed by atoms with E-state index in [4.69, 9.17) is 23.2 Å². The second-order valence-corrected chi connectivity index (χ2v) is 5.48. The maximum atomic E-state index is 6.03. The molecule has 1 aromatic carbocycles. The highest BCUT2D eigenvalue weighted by atomic mass is 35.5. The van der Waals surface area contributed by atoms with Crippen molar-refractivity contribution in [1.82, 2.24) is 0 Å². The van der Waals surface area contributed by atoms with E-state index >= 15 is 0 Å². The van der Waals surface area contributed by atoms with Gasteiger partial charge >= 0.3 is 0 Å². The van der Waals surface area contributed by atoms with Gasteiger partial charge in [0, 0.05) is 10.9 Å². The van der Waals surface area contributed by atoms with Gasteiger partial charge in [-0.3, -0.25) is 0 Å². The lowest BCUT2D eigenvalue weighted by atomic mass is 9.93. The van der Waals surface area contributed by atoms with Gasteiger partial charge in [-0.25, -0.2) is 0 Å². The largest absolute Gasteiger partial charge is 0.126 e. The second kappa shape index (κ2) is 7.19. The van der Waals surface area contributed by atoms with E-state index in [9.17, 15) is 0 Å². The molecule has 0 fully saturated rings. The summed E-state index contributed by atoms with van der Waals surface area (Å²) in [6.45, 7) is 4.52. The topological polar surface area (TPSA) is 0 Å². The molecule has 0 aliphatic rings. The highest BCUT2D eigenvalue weighted by Gasteiger charge is 2.10. The lowest BCUT2D eigenvalue weighted by Crippen LogP contribution is -2.01. The zero-order valence-electron chi connectivity index (χ0n) is 10.0. The summed E-state index contributed by atoms with van der Waals surface area (Å²) < 4.78 is 0. The van der Waals surface area contributed by atoms with Crippen molar-refractivity contribution in [3.8, 4) is 0 Å². The molecule has 1 unspecified atom stereocenters. The van der Waals surface area contributed by atoms with Gasteiger partial charge in [-0.15, -0.1) is 11.6 Å². The average Bonchev–Trinajstić information content (AvgIpc) is 2.24. The fourth-order valence-corrected chi connectivity index (χ4v) is 2.40. The molecule has 0 nitrogen and oxygen atoms in total. The highest BCUT2D eigenvalue weighted by Crippen LogP contribution is 2.26. The molecule has 0 saturated carbocycles. The Morgan fingerprint density at radius 2 is 1.94 bits per heavy atom. The van der Waals surface area contributed by atoms with Crippen LogP contribution in [0.1, 0.15) is 44.6 Å². The van der Waals surface area contributed by atoms with Gasteiger partial charge < -0.3 is 0 Å². The summed E-state index contributed by atoms with van der Waals surface area (Å²) in [6.07, 6.45) is 3.66. The molecule has 1 atom stereocenters. The number of benzene rings is 1. The summed E-state index contributed by atoms with van der Waals surface area (Å²) in [7, 11) is 0. The van der Waals surface area contributed by atoms with E-state index in [1.54, 1.807) is 0 Å². The predicted octanol–water partition coefficient (Wildman–Crippen LogP) is 5.49. The number of hydrogen-bond acceptors (Lipinski definition) is 0. The zero-order valence-corrected chi connectivity index (χ0v) is 11.6. The Morgan fingerprint density at radius 1 is 1.19 bits per heavy atom. The molecule has 0 N–H and O–H groups in total. The third-order valence-electron chi connectivity index (χ3n) is 2.84. The average molecular weight is 259 g/mol. The smallest absolute Gasteiger partial charge is 0.0408 e. The van der Waals surface area contributed by atoms with Crippen molar-refractivity contribution in [3.63, 3.8) is 0 Å². The van der Waals surface area contributed by atoms with Gasteiger partial charge in [0.15, 0.2) is 0 Å². The molecule has 16 heavy (non-hydrogen) atoms. The Kier molecular flexibility index (Phi) is 6.23. The Hall–Kier alpha value is -0.200. The van der Waals surface area contributed by atoms with Crippen LogP contribution in [-0.4, -0.2) is 5.88 Å². The van der Waals surface area contributed by atoms with Gasteiger partial charge in [-0.05, 0) is 36.0 Å². The van der Waals surface area contributed by atoms with Crippen LogP contribution < -0.4 is 0 Å². The molecule has 0 heterocycles. The lowest BCUT2D eigenvalue weighted by molar-refractivity contribution is 0.514. The first-order valence-electron chi connectivity index (χ1n) is 5.95. The summed E-state index contributed by atoms with van der Waals surface area (Å²) in [6, 6.07) is 8.06. The zero-order chi connectivity index (χ0) is 12.0. The van der Waals surface area contributed by atoms with Crippen LogP contribution in [0.3, 0.4) is 0 Å².